The van der Waals surface area contributed by atoms with Gasteiger partial charge in [0.2, 0.25) is 0 Å². The number of hydrogen-bond donors (Lipinski definition) is 0. The van der Waals surface area contributed by atoms with Gasteiger partial charge in [-0.15, -0.1) is 0 Å². The lowest BCUT2D eigenvalue weighted by atomic mass is 9.42. The van der Waals surface area contributed by atoms with Gasteiger partial charge in [0.1, 0.15) is 11.8 Å². The average Bonchev–Trinajstić information content (AvgIpc) is 2.91. The van der Waals surface area contributed by atoms with E-state index in [1.54, 1.807) is 0 Å². The van der Waals surface area contributed by atoms with E-state index >= 15 is 0 Å². The first-order valence-corrected chi connectivity index (χ1v) is 8.40. The number of Topliss-reactive ketones (excluding diaryl/α,β-unsaturated/α-hetero) is 1. The van der Waals surface area contributed by atoms with Crippen LogP contribution >= 0.6 is 11.9 Å². The maximum atomic E-state index is 12.6. The SMILES string of the molecule is CC1(C)C(=O)C(C)(C)C12SN(c1ccccc1)[C@H](C#N)[C@H]2C#N. The first-order chi connectivity index (χ1) is 10.8. The van der Waals surface area contributed by atoms with Crippen LogP contribution in [0.15, 0.2) is 30.3 Å². The molecule has 1 aromatic rings. The third-order valence-corrected chi connectivity index (χ3v) is 7.72. The van der Waals surface area contributed by atoms with E-state index in [0.29, 0.717) is 0 Å². The molecule has 1 saturated heterocycles. The molecule has 118 valence electrons. The van der Waals surface area contributed by atoms with Gasteiger partial charge in [-0.3, -0.25) is 9.10 Å². The van der Waals surface area contributed by atoms with Crippen LogP contribution in [-0.2, 0) is 4.79 Å². The van der Waals surface area contributed by atoms with Gasteiger partial charge in [-0.2, -0.15) is 10.5 Å². The number of benzene rings is 1. The van der Waals surface area contributed by atoms with Crippen molar-refractivity contribution < 1.29 is 4.79 Å². The molecule has 1 aromatic carbocycles. The fourth-order valence-electron chi connectivity index (χ4n) is 4.55. The van der Waals surface area contributed by atoms with E-state index in [4.69, 9.17) is 0 Å². The second-order valence-corrected chi connectivity index (χ2v) is 8.47. The number of para-hydroxylation sites is 1. The quantitative estimate of drug-likeness (QED) is 0.739. The number of ketones is 1. The van der Waals surface area contributed by atoms with E-state index in [-0.39, 0.29) is 5.78 Å². The molecule has 0 unspecified atom stereocenters. The molecular weight excluding hydrogens is 306 g/mol. The summed E-state index contributed by atoms with van der Waals surface area (Å²) in [5.41, 5.74) is -0.382. The summed E-state index contributed by atoms with van der Waals surface area (Å²) in [4.78, 5) is 12.6. The van der Waals surface area contributed by atoms with Gasteiger partial charge in [0.05, 0.1) is 22.8 Å². The lowest BCUT2D eigenvalue weighted by molar-refractivity contribution is -0.162. The zero-order valence-electron chi connectivity index (χ0n) is 13.7. The predicted octanol–water partition coefficient (Wildman–Crippen LogP) is 3.56. The summed E-state index contributed by atoms with van der Waals surface area (Å²) in [6.07, 6.45) is 0. The summed E-state index contributed by atoms with van der Waals surface area (Å²) in [7, 11) is 0. The van der Waals surface area contributed by atoms with Crippen LogP contribution < -0.4 is 4.31 Å². The fraction of sp³-hybridized carbons (Fsp3) is 0.500. The van der Waals surface area contributed by atoms with Gasteiger partial charge in [-0.05, 0) is 24.1 Å². The van der Waals surface area contributed by atoms with E-state index in [1.165, 1.54) is 11.9 Å². The molecule has 1 saturated carbocycles. The van der Waals surface area contributed by atoms with E-state index < -0.39 is 27.5 Å². The summed E-state index contributed by atoms with van der Waals surface area (Å²) >= 11 is 1.50. The van der Waals surface area contributed by atoms with Gasteiger partial charge in [0.25, 0.3) is 0 Å². The Bertz CT molecular complexity index is 724. The van der Waals surface area contributed by atoms with Gasteiger partial charge in [0.15, 0.2) is 0 Å². The molecule has 0 aromatic heterocycles. The fourth-order valence-corrected chi connectivity index (χ4v) is 6.30. The molecule has 5 heteroatoms. The Kier molecular flexibility index (Phi) is 3.29. The molecule has 1 heterocycles. The molecule has 4 nitrogen and oxygen atoms in total. The van der Waals surface area contributed by atoms with Gasteiger partial charge >= 0.3 is 0 Å². The zero-order chi connectivity index (χ0) is 17.0. The van der Waals surface area contributed by atoms with Crippen molar-refractivity contribution >= 4 is 23.4 Å². The maximum Gasteiger partial charge on any atom is 0.147 e. The van der Waals surface area contributed by atoms with Crippen LogP contribution in [0.25, 0.3) is 0 Å². The zero-order valence-corrected chi connectivity index (χ0v) is 14.5. The number of carbonyl (C=O) groups excluding carboxylic acids is 1. The topological polar surface area (TPSA) is 67.9 Å². The molecular formula is C18H19N3OS. The number of nitriles is 2. The van der Waals surface area contributed by atoms with E-state index in [0.717, 1.165) is 5.69 Å². The van der Waals surface area contributed by atoms with Crippen molar-refractivity contribution in [3.05, 3.63) is 30.3 Å². The van der Waals surface area contributed by atoms with Gasteiger partial charge in [0, 0.05) is 16.5 Å². The minimum absolute atomic E-state index is 0.157. The summed E-state index contributed by atoms with van der Waals surface area (Å²) in [5.74, 6) is -0.371. The lowest BCUT2D eigenvalue weighted by Gasteiger charge is -2.63. The van der Waals surface area contributed by atoms with E-state index in [1.807, 2.05) is 62.3 Å². The number of hydrogen-bond acceptors (Lipinski definition) is 5. The van der Waals surface area contributed by atoms with Crippen molar-refractivity contribution in [2.75, 3.05) is 4.31 Å². The molecule has 2 aliphatic rings. The Morgan fingerprint density at radius 1 is 1.04 bits per heavy atom. The highest BCUT2D eigenvalue weighted by molar-refractivity contribution is 8.02. The molecule has 0 bridgehead atoms. The number of rotatable bonds is 1. The molecule has 3 rings (SSSR count). The number of anilines is 1. The summed E-state index contributed by atoms with van der Waals surface area (Å²) in [6.45, 7) is 7.61. The Morgan fingerprint density at radius 3 is 2.09 bits per heavy atom. The minimum Gasteiger partial charge on any atom is -0.298 e. The van der Waals surface area contributed by atoms with Crippen LogP contribution in [0.2, 0.25) is 0 Å². The minimum atomic E-state index is -0.639. The van der Waals surface area contributed by atoms with Crippen molar-refractivity contribution in [1.82, 2.24) is 0 Å². The van der Waals surface area contributed by atoms with Crippen LogP contribution in [0.3, 0.4) is 0 Å². The monoisotopic (exact) mass is 325 g/mol. The van der Waals surface area contributed by atoms with Crippen molar-refractivity contribution in [1.29, 1.82) is 10.5 Å². The van der Waals surface area contributed by atoms with Gasteiger partial charge < -0.3 is 0 Å². The highest BCUT2D eigenvalue weighted by Crippen LogP contribution is 2.73. The van der Waals surface area contributed by atoms with Crippen LogP contribution in [-0.4, -0.2) is 16.6 Å². The second-order valence-electron chi connectivity index (χ2n) is 7.25. The van der Waals surface area contributed by atoms with Crippen molar-refractivity contribution in [2.45, 2.75) is 38.5 Å². The van der Waals surface area contributed by atoms with Crippen molar-refractivity contribution in [3.63, 3.8) is 0 Å². The highest BCUT2D eigenvalue weighted by atomic mass is 32.2. The third-order valence-electron chi connectivity index (χ3n) is 5.52. The average molecular weight is 325 g/mol. The van der Waals surface area contributed by atoms with Crippen LogP contribution in [0, 0.1) is 39.4 Å². The van der Waals surface area contributed by atoms with Crippen molar-refractivity contribution in [3.8, 4) is 12.1 Å². The molecule has 23 heavy (non-hydrogen) atoms. The Labute approximate surface area is 141 Å². The third kappa shape index (κ3) is 1.64. The number of nitrogens with zero attached hydrogens (tertiary/aromatic N) is 3. The maximum absolute atomic E-state index is 12.6. The molecule has 0 radical (unpaired) electrons. The molecule has 2 atom stereocenters. The smallest absolute Gasteiger partial charge is 0.147 e. The molecule has 0 N–H and O–H groups in total. The van der Waals surface area contributed by atoms with Crippen LogP contribution in [0.5, 0.6) is 0 Å². The van der Waals surface area contributed by atoms with E-state index in [9.17, 15) is 15.3 Å². The van der Waals surface area contributed by atoms with Crippen LogP contribution in [0.4, 0.5) is 5.69 Å². The lowest BCUT2D eigenvalue weighted by Crippen LogP contribution is -2.74. The molecule has 0 amide bonds. The molecule has 1 aliphatic carbocycles. The molecule has 1 spiro atoms. The normalized spacial score (nSPS) is 29.7. The van der Waals surface area contributed by atoms with Crippen molar-refractivity contribution in [2.24, 2.45) is 16.7 Å². The Hall–Kier alpha value is -1.98. The number of carbonyl (C=O) groups is 1. The highest BCUT2D eigenvalue weighted by Gasteiger charge is 2.80. The standard InChI is InChI=1S/C18H19N3OS/c1-16(2)15(22)17(3,4)18(16)13(10-19)14(11-20)21(23-18)12-8-6-5-7-9-12/h5-9,13-14H,1-4H3/t13-,14-/m1/s1. The summed E-state index contributed by atoms with van der Waals surface area (Å²) in [5, 5.41) is 19.5. The first-order valence-electron chi connectivity index (χ1n) is 7.63. The van der Waals surface area contributed by atoms with E-state index in [2.05, 4.69) is 12.1 Å². The summed E-state index contributed by atoms with van der Waals surface area (Å²) < 4.78 is 1.33. The molecule has 2 fully saturated rings. The summed E-state index contributed by atoms with van der Waals surface area (Å²) in [6, 6.07) is 13.7. The second kappa shape index (κ2) is 4.76. The first kappa shape index (κ1) is 15.9. The predicted molar refractivity (Wildman–Crippen MR) is 90.3 cm³/mol. The Morgan fingerprint density at radius 2 is 1.61 bits per heavy atom. The van der Waals surface area contributed by atoms with Crippen LogP contribution in [0.1, 0.15) is 27.7 Å². The molecule has 1 aliphatic heterocycles. The largest absolute Gasteiger partial charge is 0.298 e. The van der Waals surface area contributed by atoms with Gasteiger partial charge in [-0.25, -0.2) is 0 Å². The van der Waals surface area contributed by atoms with Gasteiger partial charge in [-0.1, -0.05) is 45.9 Å². The Balaban J connectivity index is 2.16.